The Hall–Kier alpha value is -2.01. The maximum absolute atomic E-state index is 14.0. The van der Waals surface area contributed by atoms with Gasteiger partial charge in [0, 0.05) is 11.6 Å². The highest BCUT2D eigenvalue weighted by atomic mass is 79.9. The Bertz CT molecular complexity index is 904. The van der Waals surface area contributed by atoms with Crippen LogP contribution in [0.4, 0.5) is 8.78 Å². The van der Waals surface area contributed by atoms with Crippen molar-refractivity contribution >= 4 is 26.8 Å². The number of fused-ring (bicyclic) bond motifs is 1. The molecule has 0 aliphatic heterocycles. The normalized spacial score (nSPS) is 11.0. The second-order valence-electron chi connectivity index (χ2n) is 4.72. The molecule has 106 valence electrons. The van der Waals surface area contributed by atoms with Gasteiger partial charge in [0.15, 0.2) is 5.43 Å². The van der Waals surface area contributed by atoms with Crippen molar-refractivity contribution in [3.63, 3.8) is 0 Å². The highest BCUT2D eigenvalue weighted by Crippen LogP contribution is 2.29. The van der Waals surface area contributed by atoms with Gasteiger partial charge >= 0.3 is 0 Å². The molecule has 0 amide bonds. The fraction of sp³-hybridized carbons (Fsp3) is 0.0625. The fourth-order valence-electron chi connectivity index (χ4n) is 2.34. The average Bonchev–Trinajstić information content (AvgIpc) is 2.48. The first-order valence-electron chi connectivity index (χ1n) is 6.26. The molecule has 0 spiro atoms. The molecule has 0 aliphatic rings. The average molecular weight is 350 g/mol. The Balaban J connectivity index is 2.47. The smallest absolute Gasteiger partial charge is 0.194 e. The van der Waals surface area contributed by atoms with Crippen LogP contribution in [0.25, 0.3) is 22.2 Å². The van der Waals surface area contributed by atoms with Crippen molar-refractivity contribution in [2.45, 2.75) is 6.92 Å². The molecule has 1 N–H and O–H groups in total. The maximum atomic E-state index is 14.0. The number of halogens is 3. The van der Waals surface area contributed by atoms with Gasteiger partial charge in [-0.15, -0.1) is 0 Å². The van der Waals surface area contributed by atoms with Crippen LogP contribution in [-0.2, 0) is 0 Å². The Morgan fingerprint density at radius 1 is 1.10 bits per heavy atom. The van der Waals surface area contributed by atoms with Gasteiger partial charge in [0.1, 0.15) is 11.6 Å². The molecule has 0 aliphatic carbocycles. The predicted octanol–water partition coefficient (Wildman–Crippen LogP) is 4.54. The summed E-state index contributed by atoms with van der Waals surface area (Å²) in [6, 6.07) is 9.90. The largest absolute Gasteiger partial charge is 0.352 e. The van der Waals surface area contributed by atoms with Crippen LogP contribution in [-0.4, -0.2) is 4.98 Å². The first-order chi connectivity index (χ1) is 10.0. The molecule has 2 nitrogen and oxygen atoms in total. The second-order valence-corrected chi connectivity index (χ2v) is 5.52. The van der Waals surface area contributed by atoms with Crippen LogP contribution in [0, 0.1) is 18.6 Å². The summed E-state index contributed by atoms with van der Waals surface area (Å²) in [5.74, 6) is -1.59. The summed E-state index contributed by atoms with van der Waals surface area (Å²) >= 11 is 3.02. The van der Waals surface area contributed by atoms with E-state index < -0.39 is 17.1 Å². The van der Waals surface area contributed by atoms with Crippen molar-refractivity contribution in [3.8, 4) is 11.3 Å². The second kappa shape index (κ2) is 5.07. The lowest BCUT2D eigenvalue weighted by molar-refractivity contribution is 0.586. The fourth-order valence-corrected chi connectivity index (χ4v) is 2.84. The van der Waals surface area contributed by atoms with Gasteiger partial charge in [-0.2, -0.15) is 0 Å². The van der Waals surface area contributed by atoms with Crippen molar-refractivity contribution < 1.29 is 8.78 Å². The molecule has 0 saturated heterocycles. The molecule has 5 heteroatoms. The first kappa shape index (κ1) is 13.9. The molecular formula is C16H10BrF2NO. The summed E-state index contributed by atoms with van der Waals surface area (Å²) in [5.41, 5.74) is 1.32. The molecule has 2 aromatic carbocycles. The predicted molar refractivity (Wildman–Crippen MR) is 82.4 cm³/mol. The minimum atomic E-state index is -0.794. The van der Waals surface area contributed by atoms with E-state index in [0.29, 0.717) is 11.3 Å². The zero-order valence-electron chi connectivity index (χ0n) is 11.0. The lowest BCUT2D eigenvalue weighted by Crippen LogP contribution is -2.11. The van der Waals surface area contributed by atoms with Crippen molar-refractivity contribution in [3.05, 3.63) is 68.3 Å². The van der Waals surface area contributed by atoms with E-state index in [2.05, 4.69) is 20.9 Å². The van der Waals surface area contributed by atoms with E-state index in [0.717, 1.165) is 11.6 Å². The quantitative estimate of drug-likeness (QED) is 0.642. The monoisotopic (exact) mass is 349 g/mol. The summed E-state index contributed by atoms with van der Waals surface area (Å²) in [4.78, 5) is 15.4. The Morgan fingerprint density at radius 2 is 1.76 bits per heavy atom. The zero-order valence-corrected chi connectivity index (χ0v) is 12.6. The van der Waals surface area contributed by atoms with Gasteiger partial charge in [-0.1, -0.05) is 30.3 Å². The number of benzene rings is 2. The van der Waals surface area contributed by atoms with Crippen LogP contribution in [0.2, 0.25) is 0 Å². The summed E-state index contributed by atoms with van der Waals surface area (Å²) in [7, 11) is 0. The highest BCUT2D eigenvalue weighted by Gasteiger charge is 2.17. The van der Waals surface area contributed by atoms with Crippen LogP contribution in [0.15, 0.2) is 45.7 Å². The van der Waals surface area contributed by atoms with Crippen molar-refractivity contribution in [1.29, 1.82) is 0 Å². The summed E-state index contributed by atoms with van der Waals surface area (Å²) in [5, 5.41) is -0.00955. The van der Waals surface area contributed by atoms with Gasteiger partial charge in [0.05, 0.1) is 21.1 Å². The number of nitrogens with one attached hydrogen (secondary N) is 1. The molecule has 0 unspecified atom stereocenters. The molecule has 0 saturated carbocycles. The van der Waals surface area contributed by atoms with Gasteiger partial charge in [-0.3, -0.25) is 4.79 Å². The van der Waals surface area contributed by atoms with E-state index in [1.54, 1.807) is 6.92 Å². The van der Waals surface area contributed by atoms with Crippen molar-refractivity contribution in [2.24, 2.45) is 0 Å². The molecule has 3 rings (SSSR count). The molecule has 0 fully saturated rings. The van der Waals surface area contributed by atoms with Gasteiger partial charge in [-0.25, -0.2) is 8.78 Å². The van der Waals surface area contributed by atoms with Gasteiger partial charge in [-0.05, 0) is 28.4 Å². The van der Waals surface area contributed by atoms with Crippen LogP contribution in [0.5, 0.6) is 0 Å². The molecule has 21 heavy (non-hydrogen) atoms. The SMILES string of the molecule is Cc1c(-c2ccccc2)[nH]c2c(F)cc(F)c(Br)c2c1=O. The third-order valence-corrected chi connectivity index (χ3v) is 4.20. The van der Waals surface area contributed by atoms with Crippen LogP contribution in [0.3, 0.4) is 0 Å². The zero-order chi connectivity index (χ0) is 15.1. The standard InChI is InChI=1S/C16H10BrF2NO/c1-8-14(9-5-3-2-4-6-9)20-15-11(19)7-10(18)13(17)12(15)16(8)21/h2-7H,1H3,(H,20,21). The number of H-pyrrole nitrogens is 1. The highest BCUT2D eigenvalue weighted by molar-refractivity contribution is 9.10. The Labute approximate surface area is 127 Å². The summed E-state index contributed by atoms with van der Waals surface area (Å²) < 4.78 is 27.6. The molecule has 3 aromatic rings. The minimum Gasteiger partial charge on any atom is -0.352 e. The topological polar surface area (TPSA) is 32.9 Å². The van der Waals surface area contributed by atoms with Crippen molar-refractivity contribution in [1.82, 2.24) is 4.98 Å². The number of aromatic amines is 1. The molecular weight excluding hydrogens is 340 g/mol. The van der Waals surface area contributed by atoms with Crippen molar-refractivity contribution in [2.75, 3.05) is 0 Å². The molecule has 0 bridgehead atoms. The van der Waals surface area contributed by atoms with E-state index in [9.17, 15) is 13.6 Å². The molecule has 1 heterocycles. The molecule has 1 aromatic heterocycles. The maximum Gasteiger partial charge on any atom is 0.194 e. The number of rotatable bonds is 1. The summed E-state index contributed by atoms with van der Waals surface area (Å²) in [6.07, 6.45) is 0. The van der Waals surface area contributed by atoms with Crippen LogP contribution < -0.4 is 5.43 Å². The molecule has 0 radical (unpaired) electrons. The number of hydrogen-bond donors (Lipinski definition) is 1. The van der Waals surface area contributed by atoms with E-state index in [1.165, 1.54) is 0 Å². The van der Waals surface area contributed by atoms with Gasteiger partial charge in [0.25, 0.3) is 0 Å². The summed E-state index contributed by atoms with van der Waals surface area (Å²) in [6.45, 7) is 1.63. The molecule has 0 atom stereocenters. The van der Waals surface area contributed by atoms with Gasteiger partial charge in [0.2, 0.25) is 0 Å². The number of pyridine rings is 1. The lowest BCUT2D eigenvalue weighted by atomic mass is 10.0. The number of aromatic nitrogens is 1. The van der Waals surface area contributed by atoms with Crippen LogP contribution in [0.1, 0.15) is 5.56 Å². The van der Waals surface area contributed by atoms with E-state index >= 15 is 0 Å². The third kappa shape index (κ3) is 2.17. The van der Waals surface area contributed by atoms with E-state index in [1.807, 2.05) is 30.3 Å². The number of hydrogen-bond acceptors (Lipinski definition) is 1. The minimum absolute atomic E-state index is 0.00210. The van der Waals surface area contributed by atoms with Crippen LogP contribution >= 0.6 is 15.9 Å². The van der Waals surface area contributed by atoms with Gasteiger partial charge < -0.3 is 4.98 Å². The Morgan fingerprint density at radius 3 is 2.43 bits per heavy atom. The van der Waals surface area contributed by atoms with E-state index in [-0.39, 0.29) is 15.4 Å². The Kier molecular flexibility index (Phi) is 3.37. The lowest BCUT2D eigenvalue weighted by Gasteiger charge is -2.10. The van der Waals surface area contributed by atoms with E-state index in [4.69, 9.17) is 0 Å². The first-order valence-corrected chi connectivity index (χ1v) is 7.05. The third-order valence-electron chi connectivity index (χ3n) is 3.43.